The standard InChI is InChI=1S/C16H21NO/c1-11-10-15(13-6-4-3-5-7-13)12(2)17(11)16(18)14-8-9-14/h3-7,11-12,14-15H,8-10H2,1-2H3/t11-,12+,15-/m1/s1. The number of amides is 1. The van der Waals surface area contributed by atoms with Gasteiger partial charge in [-0.3, -0.25) is 4.79 Å². The summed E-state index contributed by atoms with van der Waals surface area (Å²) in [6.07, 6.45) is 3.30. The second-order valence-corrected chi connectivity index (χ2v) is 5.86. The van der Waals surface area contributed by atoms with Gasteiger partial charge >= 0.3 is 0 Å². The number of hydrogen-bond donors (Lipinski definition) is 0. The van der Waals surface area contributed by atoms with Gasteiger partial charge in [0, 0.05) is 23.9 Å². The molecule has 2 aliphatic rings. The van der Waals surface area contributed by atoms with E-state index in [0.29, 0.717) is 29.8 Å². The predicted octanol–water partition coefficient (Wildman–Crippen LogP) is 3.19. The van der Waals surface area contributed by atoms with Crippen molar-refractivity contribution >= 4 is 5.91 Å². The fourth-order valence-electron chi connectivity index (χ4n) is 3.35. The number of carbonyl (C=O) groups excluding carboxylic acids is 1. The monoisotopic (exact) mass is 243 g/mol. The lowest BCUT2D eigenvalue weighted by Gasteiger charge is -2.28. The lowest BCUT2D eigenvalue weighted by Crippen LogP contribution is -2.40. The van der Waals surface area contributed by atoms with E-state index in [1.807, 2.05) is 0 Å². The number of benzene rings is 1. The number of carbonyl (C=O) groups is 1. The minimum Gasteiger partial charge on any atom is -0.336 e. The van der Waals surface area contributed by atoms with Crippen molar-refractivity contribution < 1.29 is 4.79 Å². The fourth-order valence-corrected chi connectivity index (χ4v) is 3.35. The first-order chi connectivity index (χ1) is 8.68. The third kappa shape index (κ3) is 1.94. The summed E-state index contributed by atoms with van der Waals surface area (Å²) in [6, 6.07) is 11.4. The fraction of sp³-hybridized carbons (Fsp3) is 0.562. The molecule has 1 heterocycles. The van der Waals surface area contributed by atoms with Crippen molar-refractivity contribution in [3.63, 3.8) is 0 Å². The van der Waals surface area contributed by atoms with Crippen molar-refractivity contribution in [3.05, 3.63) is 35.9 Å². The summed E-state index contributed by atoms with van der Waals surface area (Å²) in [4.78, 5) is 14.5. The van der Waals surface area contributed by atoms with Crippen LogP contribution in [-0.2, 0) is 4.79 Å². The third-order valence-electron chi connectivity index (χ3n) is 4.50. The van der Waals surface area contributed by atoms with E-state index in [-0.39, 0.29) is 0 Å². The van der Waals surface area contributed by atoms with Gasteiger partial charge in [-0.25, -0.2) is 0 Å². The van der Waals surface area contributed by atoms with Gasteiger partial charge < -0.3 is 4.90 Å². The van der Waals surface area contributed by atoms with Gasteiger partial charge in [0.2, 0.25) is 5.91 Å². The normalized spacial score (nSPS) is 31.7. The summed E-state index contributed by atoms with van der Waals surface area (Å²) in [5.74, 6) is 1.24. The van der Waals surface area contributed by atoms with Gasteiger partial charge in [-0.2, -0.15) is 0 Å². The first-order valence-electron chi connectivity index (χ1n) is 7.05. The van der Waals surface area contributed by atoms with E-state index < -0.39 is 0 Å². The predicted molar refractivity (Wildman–Crippen MR) is 72.3 cm³/mol. The highest BCUT2D eigenvalue weighted by Crippen LogP contribution is 2.41. The second-order valence-electron chi connectivity index (χ2n) is 5.86. The highest BCUT2D eigenvalue weighted by Gasteiger charge is 2.44. The Morgan fingerprint density at radius 3 is 2.44 bits per heavy atom. The van der Waals surface area contributed by atoms with E-state index in [4.69, 9.17) is 0 Å². The average Bonchev–Trinajstić information content (AvgIpc) is 3.17. The lowest BCUT2D eigenvalue weighted by atomic mass is 9.92. The minimum atomic E-state index is 0.337. The van der Waals surface area contributed by atoms with Crippen LogP contribution in [0.25, 0.3) is 0 Å². The van der Waals surface area contributed by atoms with Gasteiger partial charge in [0.25, 0.3) is 0 Å². The van der Waals surface area contributed by atoms with Crippen LogP contribution in [0.2, 0.25) is 0 Å². The first-order valence-corrected chi connectivity index (χ1v) is 7.05. The summed E-state index contributed by atoms with van der Waals surface area (Å²) in [7, 11) is 0. The highest BCUT2D eigenvalue weighted by molar-refractivity contribution is 5.82. The number of rotatable bonds is 2. The van der Waals surface area contributed by atoms with Crippen molar-refractivity contribution in [1.29, 1.82) is 0 Å². The van der Waals surface area contributed by atoms with Crippen LogP contribution in [0.1, 0.15) is 44.6 Å². The van der Waals surface area contributed by atoms with Crippen LogP contribution in [0.5, 0.6) is 0 Å². The second kappa shape index (κ2) is 4.42. The van der Waals surface area contributed by atoms with E-state index in [1.165, 1.54) is 5.56 Å². The van der Waals surface area contributed by atoms with Crippen molar-refractivity contribution in [2.45, 2.75) is 51.1 Å². The average molecular weight is 243 g/mol. The molecule has 96 valence electrons. The summed E-state index contributed by atoms with van der Waals surface area (Å²) in [6.45, 7) is 4.40. The molecule has 0 aromatic heterocycles. The SMILES string of the molecule is C[C@@H]1C[C@@H](c2ccccc2)[C@H](C)N1C(=O)C1CC1. The van der Waals surface area contributed by atoms with Crippen LogP contribution in [0.3, 0.4) is 0 Å². The highest BCUT2D eigenvalue weighted by atomic mass is 16.2. The number of likely N-dealkylation sites (tertiary alicyclic amines) is 1. The molecule has 3 atom stereocenters. The molecular weight excluding hydrogens is 222 g/mol. The van der Waals surface area contributed by atoms with Crippen LogP contribution in [0.4, 0.5) is 0 Å². The molecule has 1 saturated carbocycles. The molecule has 2 fully saturated rings. The number of nitrogens with zero attached hydrogens (tertiary/aromatic N) is 1. The molecule has 1 aromatic rings. The third-order valence-corrected chi connectivity index (χ3v) is 4.50. The molecule has 1 aliphatic carbocycles. The zero-order valence-electron chi connectivity index (χ0n) is 11.2. The van der Waals surface area contributed by atoms with Gasteiger partial charge in [0.05, 0.1) is 0 Å². The van der Waals surface area contributed by atoms with E-state index in [9.17, 15) is 4.79 Å². The van der Waals surface area contributed by atoms with Crippen LogP contribution >= 0.6 is 0 Å². The Hall–Kier alpha value is -1.31. The Balaban J connectivity index is 1.81. The van der Waals surface area contributed by atoms with E-state index >= 15 is 0 Å². The minimum absolute atomic E-state index is 0.337. The molecule has 1 amide bonds. The zero-order valence-corrected chi connectivity index (χ0v) is 11.2. The quantitative estimate of drug-likeness (QED) is 0.781. The molecular formula is C16H21NO. The van der Waals surface area contributed by atoms with Gasteiger partial charge in [0.15, 0.2) is 0 Å². The van der Waals surface area contributed by atoms with E-state index in [0.717, 1.165) is 19.3 Å². The Kier molecular flexibility index (Phi) is 2.89. The summed E-state index contributed by atoms with van der Waals surface area (Å²) in [5.41, 5.74) is 1.38. The maximum atomic E-state index is 12.3. The van der Waals surface area contributed by atoms with Crippen molar-refractivity contribution in [1.82, 2.24) is 4.90 Å². The summed E-state index contributed by atoms with van der Waals surface area (Å²) >= 11 is 0. The lowest BCUT2D eigenvalue weighted by molar-refractivity contribution is -0.134. The maximum absolute atomic E-state index is 12.3. The van der Waals surface area contributed by atoms with Crippen molar-refractivity contribution in [2.75, 3.05) is 0 Å². The van der Waals surface area contributed by atoms with Crippen LogP contribution in [-0.4, -0.2) is 22.9 Å². The Labute approximate surface area is 109 Å². The van der Waals surface area contributed by atoms with Gasteiger partial charge in [-0.1, -0.05) is 30.3 Å². The molecule has 1 aromatic carbocycles. The van der Waals surface area contributed by atoms with Crippen LogP contribution in [0, 0.1) is 5.92 Å². The summed E-state index contributed by atoms with van der Waals surface area (Å²) < 4.78 is 0. The molecule has 18 heavy (non-hydrogen) atoms. The van der Waals surface area contributed by atoms with Gasteiger partial charge in [-0.15, -0.1) is 0 Å². The Morgan fingerprint density at radius 2 is 1.83 bits per heavy atom. The number of hydrogen-bond acceptors (Lipinski definition) is 1. The molecule has 2 heteroatoms. The molecule has 0 N–H and O–H groups in total. The Bertz CT molecular complexity index is 438. The van der Waals surface area contributed by atoms with E-state index in [1.54, 1.807) is 0 Å². The van der Waals surface area contributed by atoms with Crippen LogP contribution in [0.15, 0.2) is 30.3 Å². The summed E-state index contributed by atoms with van der Waals surface area (Å²) in [5, 5.41) is 0. The van der Waals surface area contributed by atoms with Crippen LogP contribution < -0.4 is 0 Å². The molecule has 0 bridgehead atoms. The zero-order chi connectivity index (χ0) is 12.7. The molecule has 1 aliphatic heterocycles. The topological polar surface area (TPSA) is 20.3 Å². The molecule has 0 spiro atoms. The van der Waals surface area contributed by atoms with E-state index in [2.05, 4.69) is 49.1 Å². The smallest absolute Gasteiger partial charge is 0.226 e. The van der Waals surface area contributed by atoms with Crippen molar-refractivity contribution in [2.24, 2.45) is 5.92 Å². The molecule has 1 saturated heterocycles. The maximum Gasteiger partial charge on any atom is 0.226 e. The molecule has 3 rings (SSSR count). The Morgan fingerprint density at radius 1 is 1.17 bits per heavy atom. The van der Waals surface area contributed by atoms with Gasteiger partial charge in [0.1, 0.15) is 0 Å². The molecule has 2 nitrogen and oxygen atoms in total. The largest absolute Gasteiger partial charge is 0.336 e. The first kappa shape index (κ1) is 11.8. The molecule has 0 radical (unpaired) electrons. The van der Waals surface area contributed by atoms with Crippen molar-refractivity contribution in [3.8, 4) is 0 Å². The molecule has 0 unspecified atom stereocenters. The van der Waals surface area contributed by atoms with Gasteiger partial charge in [-0.05, 0) is 38.7 Å².